The van der Waals surface area contributed by atoms with Gasteiger partial charge in [0.05, 0.1) is 7.11 Å². The first-order chi connectivity index (χ1) is 11.2. The molecule has 0 saturated heterocycles. The predicted molar refractivity (Wildman–Crippen MR) is 89.5 cm³/mol. The number of methoxy groups -OCH3 is 1. The molecule has 116 valence electrons. The molecule has 7 heteroatoms. The molecular weight excluding hydrogens is 312 g/mol. The molecule has 0 spiro atoms. The van der Waals surface area contributed by atoms with Crippen LogP contribution in [0.2, 0.25) is 0 Å². The molecule has 1 heterocycles. The Morgan fingerprint density at radius 2 is 1.87 bits per heavy atom. The summed E-state index contributed by atoms with van der Waals surface area (Å²) in [6, 6.07) is 16.2. The van der Waals surface area contributed by atoms with Crippen molar-refractivity contribution in [2.24, 2.45) is 0 Å². The summed E-state index contributed by atoms with van der Waals surface area (Å²) in [5, 5.41) is 6.87. The maximum atomic E-state index is 12.3. The first-order valence-corrected chi connectivity index (χ1v) is 7.28. The number of aromatic amines is 1. The summed E-state index contributed by atoms with van der Waals surface area (Å²) < 4.78 is 6.89. The first-order valence-electron chi connectivity index (χ1n) is 6.87. The van der Waals surface area contributed by atoms with Gasteiger partial charge < -0.3 is 4.74 Å². The average Bonchev–Trinajstić information content (AvgIpc) is 2.96. The number of rotatable bonds is 4. The van der Waals surface area contributed by atoms with Gasteiger partial charge in [-0.3, -0.25) is 10.2 Å². The zero-order chi connectivity index (χ0) is 16.2. The number of carbonyl (C=O) groups is 1. The molecule has 0 aliphatic carbocycles. The number of amides is 1. The van der Waals surface area contributed by atoms with E-state index in [0.717, 1.165) is 11.3 Å². The van der Waals surface area contributed by atoms with Crippen molar-refractivity contribution in [2.75, 3.05) is 12.5 Å². The van der Waals surface area contributed by atoms with Crippen molar-refractivity contribution in [1.82, 2.24) is 14.9 Å². The van der Waals surface area contributed by atoms with E-state index in [1.54, 1.807) is 31.4 Å². The van der Waals surface area contributed by atoms with Crippen molar-refractivity contribution in [3.8, 4) is 17.1 Å². The number of nitrogens with zero attached hydrogens (tertiary/aromatic N) is 2. The van der Waals surface area contributed by atoms with Crippen molar-refractivity contribution in [1.29, 1.82) is 0 Å². The Hall–Kier alpha value is -2.93. The lowest BCUT2D eigenvalue weighted by molar-refractivity contribution is 0.101. The van der Waals surface area contributed by atoms with Crippen molar-refractivity contribution < 1.29 is 9.53 Å². The number of nitrogens with one attached hydrogen (secondary N) is 2. The highest BCUT2D eigenvalue weighted by molar-refractivity contribution is 7.71. The van der Waals surface area contributed by atoms with E-state index >= 15 is 0 Å². The molecule has 23 heavy (non-hydrogen) atoms. The highest BCUT2D eigenvalue weighted by atomic mass is 32.1. The number of ether oxygens (including phenoxy) is 1. The second-order valence-corrected chi connectivity index (χ2v) is 5.11. The third-order valence-electron chi connectivity index (χ3n) is 3.27. The molecule has 3 aromatic rings. The van der Waals surface area contributed by atoms with Gasteiger partial charge in [0.1, 0.15) is 5.75 Å². The number of hydrogen-bond acceptors (Lipinski definition) is 4. The third kappa shape index (κ3) is 3.14. The molecule has 0 aliphatic rings. The van der Waals surface area contributed by atoms with E-state index in [2.05, 4.69) is 15.6 Å². The van der Waals surface area contributed by atoms with Crippen LogP contribution in [-0.4, -0.2) is 27.9 Å². The molecule has 0 aliphatic heterocycles. The number of benzene rings is 2. The SMILES string of the molecule is COc1ccc(-c2n[nH]c(=S)n2NC(=O)c2ccccc2)cc1. The molecule has 1 aromatic heterocycles. The van der Waals surface area contributed by atoms with E-state index in [-0.39, 0.29) is 5.91 Å². The molecule has 0 atom stereocenters. The zero-order valence-corrected chi connectivity index (χ0v) is 13.1. The van der Waals surface area contributed by atoms with E-state index in [9.17, 15) is 4.79 Å². The summed E-state index contributed by atoms with van der Waals surface area (Å²) in [5.74, 6) is 0.988. The van der Waals surface area contributed by atoms with Gasteiger partial charge in [-0.2, -0.15) is 5.10 Å². The summed E-state index contributed by atoms with van der Waals surface area (Å²) in [6.45, 7) is 0. The van der Waals surface area contributed by atoms with Gasteiger partial charge in [0.15, 0.2) is 5.82 Å². The molecular formula is C16H14N4O2S. The molecule has 2 aromatic carbocycles. The number of carbonyl (C=O) groups excluding carboxylic acids is 1. The van der Waals surface area contributed by atoms with Gasteiger partial charge in [-0.25, -0.2) is 9.77 Å². The van der Waals surface area contributed by atoms with Gasteiger partial charge in [0, 0.05) is 11.1 Å². The van der Waals surface area contributed by atoms with E-state index in [4.69, 9.17) is 17.0 Å². The lowest BCUT2D eigenvalue weighted by Crippen LogP contribution is -2.23. The number of hydrogen-bond donors (Lipinski definition) is 2. The summed E-state index contributed by atoms with van der Waals surface area (Å²) in [4.78, 5) is 12.3. The maximum Gasteiger partial charge on any atom is 0.270 e. The van der Waals surface area contributed by atoms with Crippen LogP contribution in [0, 0.1) is 4.77 Å². The lowest BCUT2D eigenvalue weighted by Gasteiger charge is -2.09. The molecule has 0 unspecified atom stereocenters. The fourth-order valence-electron chi connectivity index (χ4n) is 2.09. The Bertz CT molecular complexity index is 869. The van der Waals surface area contributed by atoms with Crippen LogP contribution in [0.5, 0.6) is 5.75 Å². The van der Waals surface area contributed by atoms with Crippen LogP contribution in [-0.2, 0) is 0 Å². The average molecular weight is 326 g/mol. The van der Waals surface area contributed by atoms with Crippen molar-refractivity contribution >= 4 is 18.1 Å². The maximum absolute atomic E-state index is 12.3. The van der Waals surface area contributed by atoms with Crippen LogP contribution in [0.4, 0.5) is 0 Å². The predicted octanol–water partition coefficient (Wildman–Crippen LogP) is 3.00. The number of H-pyrrole nitrogens is 1. The van der Waals surface area contributed by atoms with Gasteiger partial charge in [0.2, 0.25) is 4.77 Å². The minimum absolute atomic E-state index is 0.266. The van der Waals surface area contributed by atoms with Crippen molar-refractivity contribution in [3.05, 3.63) is 64.9 Å². The van der Waals surface area contributed by atoms with Crippen LogP contribution in [0.1, 0.15) is 10.4 Å². The normalized spacial score (nSPS) is 10.3. The minimum Gasteiger partial charge on any atom is -0.497 e. The molecule has 3 rings (SSSR count). The van der Waals surface area contributed by atoms with Crippen LogP contribution in [0.15, 0.2) is 54.6 Å². The van der Waals surface area contributed by atoms with Gasteiger partial charge in [-0.15, -0.1) is 0 Å². The monoisotopic (exact) mass is 326 g/mol. The van der Waals surface area contributed by atoms with Crippen LogP contribution >= 0.6 is 12.2 Å². The molecule has 0 saturated carbocycles. The smallest absolute Gasteiger partial charge is 0.270 e. The molecule has 0 fully saturated rings. The van der Waals surface area contributed by atoms with Gasteiger partial charge >= 0.3 is 0 Å². The summed E-state index contributed by atoms with van der Waals surface area (Å²) in [7, 11) is 1.60. The van der Waals surface area contributed by atoms with Crippen LogP contribution in [0.25, 0.3) is 11.4 Å². The van der Waals surface area contributed by atoms with Crippen LogP contribution < -0.4 is 10.2 Å². The molecule has 2 N–H and O–H groups in total. The number of aromatic nitrogens is 3. The standard InChI is InChI=1S/C16H14N4O2S/c1-22-13-9-7-11(8-10-13)14-17-18-16(23)20(14)19-15(21)12-5-3-2-4-6-12/h2-10H,1H3,(H,18,23)(H,19,21). The largest absolute Gasteiger partial charge is 0.497 e. The lowest BCUT2D eigenvalue weighted by atomic mass is 10.2. The van der Waals surface area contributed by atoms with Crippen molar-refractivity contribution in [3.63, 3.8) is 0 Å². The summed E-state index contributed by atoms with van der Waals surface area (Å²) in [5.41, 5.74) is 4.09. The van der Waals surface area contributed by atoms with E-state index in [1.165, 1.54) is 4.68 Å². The van der Waals surface area contributed by atoms with E-state index in [1.807, 2.05) is 30.3 Å². The Kier molecular flexibility index (Phi) is 4.20. The Morgan fingerprint density at radius 1 is 1.17 bits per heavy atom. The summed E-state index contributed by atoms with van der Waals surface area (Å²) >= 11 is 5.20. The van der Waals surface area contributed by atoms with E-state index < -0.39 is 0 Å². The first kappa shape index (κ1) is 15.0. The highest BCUT2D eigenvalue weighted by Gasteiger charge is 2.12. The fraction of sp³-hybridized carbons (Fsp3) is 0.0625. The second kappa shape index (κ2) is 6.45. The quantitative estimate of drug-likeness (QED) is 0.723. The van der Waals surface area contributed by atoms with Gasteiger partial charge in [0.25, 0.3) is 5.91 Å². The molecule has 1 amide bonds. The topological polar surface area (TPSA) is 71.9 Å². The Morgan fingerprint density at radius 3 is 2.52 bits per heavy atom. The highest BCUT2D eigenvalue weighted by Crippen LogP contribution is 2.20. The molecule has 6 nitrogen and oxygen atoms in total. The van der Waals surface area contributed by atoms with Gasteiger partial charge in [-0.1, -0.05) is 18.2 Å². The van der Waals surface area contributed by atoms with Gasteiger partial charge in [-0.05, 0) is 48.6 Å². The zero-order valence-electron chi connectivity index (χ0n) is 12.3. The fourth-order valence-corrected chi connectivity index (χ4v) is 2.27. The minimum atomic E-state index is -0.266. The van der Waals surface area contributed by atoms with Crippen molar-refractivity contribution in [2.45, 2.75) is 0 Å². The van der Waals surface area contributed by atoms with Crippen LogP contribution in [0.3, 0.4) is 0 Å². The Balaban J connectivity index is 1.92. The summed E-state index contributed by atoms with van der Waals surface area (Å²) in [6.07, 6.45) is 0. The second-order valence-electron chi connectivity index (χ2n) is 4.72. The third-order valence-corrected chi connectivity index (χ3v) is 3.54. The van der Waals surface area contributed by atoms with E-state index in [0.29, 0.717) is 16.2 Å². The molecule has 0 radical (unpaired) electrons. The Labute approximate surface area is 137 Å². The molecule has 0 bridgehead atoms.